The Kier molecular flexibility index (Phi) is 5.38. The van der Waals surface area contributed by atoms with Gasteiger partial charge in [0, 0.05) is 10.7 Å². The van der Waals surface area contributed by atoms with Crippen molar-refractivity contribution >= 4 is 35.0 Å². The second-order valence-corrected chi connectivity index (χ2v) is 7.61. The molecule has 27 heavy (non-hydrogen) atoms. The quantitative estimate of drug-likeness (QED) is 0.496. The third-order valence-electron chi connectivity index (χ3n) is 3.69. The summed E-state index contributed by atoms with van der Waals surface area (Å²) in [6.07, 6.45) is 0. The van der Waals surface area contributed by atoms with Gasteiger partial charge in [-0.2, -0.15) is 5.10 Å². The molecule has 8 nitrogen and oxygen atoms in total. The monoisotopic (exact) mass is 409 g/mol. The van der Waals surface area contributed by atoms with Crippen LogP contribution in [0.4, 0.5) is 10.1 Å². The number of rotatable bonds is 5. The molecule has 11 heteroatoms. The van der Waals surface area contributed by atoms with Crippen molar-refractivity contribution in [1.82, 2.24) is 24.7 Å². The van der Waals surface area contributed by atoms with Gasteiger partial charge in [-0.1, -0.05) is 23.4 Å². The van der Waals surface area contributed by atoms with E-state index in [-0.39, 0.29) is 10.7 Å². The number of carbonyl (C=O) groups excluding carboxylic acids is 1. The number of nitrogens with zero attached hydrogens (tertiary/aromatic N) is 5. The standard InChI is InChI=1S/C16H17ClFN7OS/c1-8-6-9(2)25(23-8)15-21-22-16(24(15)19)27-10(3)14(26)20-13-5-4-11(17)7-12(13)18/h4-7,10H,19H2,1-3H3,(H,20,26). The number of hydrogen-bond acceptors (Lipinski definition) is 6. The maximum absolute atomic E-state index is 13.8. The molecular weight excluding hydrogens is 393 g/mol. The number of aryl methyl sites for hydroxylation is 2. The molecule has 0 saturated heterocycles. The van der Waals surface area contributed by atoms with Gasteiger partial charge in [-0.25, -0.2) is 13.7 Å². The van der Waals surface area contributed by atoms with Crippen LogP contribution in [0.2, 0.25) is 5.02 Å². The van der Waals surface area contributed by atoms with E-state index in [1.807, 2.05) is 19.9 Å². The van der Waals surface area contributed by atoms with E-state index in [2.05, 4.69) is 20.6 Å². The van der Waals surface area contributed by atoms with Crippen LogP contribution in [0.25, 0.3) is 5.95 Å². The van der Waals surface area contributed by atoms with E-state index in [0.29, 0.717) is 11.1 Å². The number of halogens is 2. The molecule has 0 saturated carbocycles. The van der Waals surface area contributed by atoms with E-state index in [1.165, 1.54) is 16.8 Å². The second kappa shape index (κ2) is 7.57. The summed E-state index contributed by atoms with van der Waals surface area (Å²) in [5.74, 6) is 5.38. The fraction of sp³-hybridized carbons (Fsp3) is 0.250. The number of anilines is 1. The fourth-order valence-corrected chi connectivity index (χ4v) is 3.29. The molecule has 3 rings (SSSR count). The van der Waals surface area contributed by atoms with Crippen molar-refractivity contribution in [2.24, 2.45) is 0 Å². The molecule has 0 spiro atoms. The van der Waals surface area contributed by atoms with Crippen LogP contribution in [0.15, 0.2) is 29.4 Å². The molecule has 1 aromatic carbocycles. The van der Waals surface area contributed by atoms with Crippen LogP contribution in [0, 0.1) is 19.7 Å². The predicted molar refractivity (Wildman–Crippen MR) is 102 cm³/mol. The molecule has 3 aromatic rings. The summed E-state index contributed by atoms with van der Waals surface area (Å²) in [5.41, 5.74) is 1.73. The smallest absolute Gasteiger partial charge is 0.271 e. The summed E-state index contributed by atoms with van der Waals surface area (Å²) in [4.78, 5) is 12.4. The Balaban J connectivity index is 1.73. The van der Waals surface area contributed by atoms with Crippen molar-refractivity contribution in [2.75, 3.05) is 11.2 Å². The summed E-state index contributed by atoms with van der Waals surface area (Å²) in [7, 11) is 0. The van der Waals surface area contributed by atoms with Gasteiger partial charge in [0.1, 0.15) is 5.82 Å². The van der Waals surface area contributed by atoms with Crippen LogP contribution >= 0.6 is 23.4 Å². The summed E-state index contributed by atoms with van der Waals surface area (Å²) in [5, 5.41) is 14.9. The summed E-state index contributed by atoms with van der Waals surface area (Å²) in [6, 6.07) is 5.92. The first kappa shape index (κ1) is 19.2. The molecule has 0 aliphatic rings. The number of thioether (sulfide) groups is 1. The summed E-state index contributed by atoms with van der Waals surface area (Å²) < 4.78 is 16.7. The van der Waals surface area contributed by atoms with E-state index in [0.717, 1.165) is 29.2 Å². The van der Waals surface area contributed by atoms with Crippen LogP contribution in [0.5, 0.6) is 0 Å². The molecule has 0 radical (unpaired) electrons. The molecule has 0 bridgehead atoms. The Morgan fingerprint density at radius 2 is 2.07 bits per heavy atom. The molecule has 1 amide bonds. The topological polar surface area (TPSA) is 104 Å². The summed E-state index contributed by atoms with van der Waals surface area (Å²) >= 11 is 6.81. The average Bonchev–Trinajstić information content (AvgIpc) is 3.12. The van der Waals surface area contributed by atoms with Crippen molar-refractivity contribution in [2.45, 2.75) is 31.2 Å². The van der Waals surface area contributed by atoms with Crippen molar-refractivity contribution in [3.05, 3.63) is 46.5 Å². The zero-order chi connectivity index (χ0) is 19.7. The Morgan fingerprint density at radius 1 is 1.33 bits per heavy atom. The lowest BCUT2D eigenvalue weighted by molar-refractivity contribution is -0.115. The molecule has 3 N–H and O–H groups in total. The van der Waals surface area contributed by atoms with Gasteiger partial charge in [-0.3, -0.25) is 4.79 Å². The molecule has 0 aliphatic heterocycles. The third-order valence-corrected chi connectivity index (χ3v) is 4.98. The van der Waals surface area contributed by atoms with Gasteiger partial charge in [-0.05, 0) is 45.0 Å². The zero-order valence-corrected chi connectivity index (χ0v) is 16.3. The highest BCUT2D eigenvalue weighted by atomic mass is 35.5. The van der Waals surface area contributed by atoms with Gasteiger partial charge in [-0.15, -0.1) is 10.2 Å². The lowest BCUT2D eigenvalue weighted by Crippen LogP contribution is -2.24. The third kappa shape index (κ3) is 4.06. The largest absolute Gasteiger partial charge is 0.334 e. The van der Waals surface area contributed by atoms with Gasteiger partial charge in [0.05, 0.1) is 16.6 Å². The molecule has 0 fully saturated rings. The number of hydrogen-bond donors (Lipinski definition) is 2. The van der Waals surface area contributed by atoms with Crippen LogP contribution < -0.4 is 11.2 Å². The molecule has 1 atom stereocenters. The van der Waals surface area contributed by atoms with E-state index in [4.69, 9.17) is 17.4 Å². The number of amides is 1. The van der Waals surface area contributed by atoms with Crippen molar-refractivity contribution < 1.29 is 9.18 Å². The first-order valence-electron chi connectivity index (χ1n) is 7.93. The van der Waals surface area contributed by atoms with Crippen LogP contribution in [0.1, 0.15) is 18.3 Å². The SMILES string of the molecule is Cc1cc(C)n(-c2nnc(SC(C)C(=O)Nc3ccc(Cl)cc3F)n2N)n1. The van der Waals surface area contributed by atoms with Gasteiger partial charge >= 0.3 is 0 Å². The number of aromatic nitrogens is 5. The zero-order valence-electron chi connectivity index (χ0n) is 14.8. The molecular formula is C16H17ClFN7OS. The molecule has 2 heterocycles. The maximum atomic E-state index is 13.8. The van der Waals surface area contributed by atoms with Crippen LogP contribution in [-0.4, -0.2) is 35.8 Å². The minimum atomic E-state index is -0.609. The normalized spacial score (nSPS) is 12.2. The number of nitrogen functional groups attached to an aromatic ring is 1. The molecule has 0 aliphatic carbocycles. The lowest BCUT2D eigenvalue weighted by atomic mass is 10.3. The van der Waals surface area contributed by atoms with Gasteiger partial charge < -0.3 is 11.2 Å². The van der Waals surface area contributed by atoms with E-state index in [9.17, 15) is 9.18 Å². The molecule has 142 valence electrons. The highest BCUT2D eigenvalue weighted by Crippen LogP contribution is 2.24. The number of benzene rings is 1. The van der Waals surface area contributed by atoms with Crippen molar-refractivity contribution in [3.63, 3.8) is 0 Å². The second-order valence-electron chi connectivity index (χ2n) is 5.86. The van der Waals surface area contributed by atoms with E-state index in [1.54, 1.807) is 11.6 Å². The number of nitrogens with one attached hydrogen (secondary N) is 1. The highest BCUT2D eigenvalue weighted by Gasteiger charge is 2.21. The molecule has 2 aromatic heterocycles. The van der Waals surface area contributed by atoms with Gasteiger partial charge in [0.25, 0.3) is 5.95 Å². The Bertz CT molecular complexity index is 1000. The maximum Gasteiger partial charge on any atom is 0.271 e. The highest BCUT2D eigenvalue weighted by molar-refractivity contribution is 8.00. The van der Waals surface area contributed by atoms with E-state index < -0.39 is 17.0 Å². The summed E-state index contributed by atoms with van der Waals surface area (Å²) in [6.45, 7) is 5.39. The first-order valence-corrected chi connectivity index (χ1v) is 9.18. The van der Waals surface area contributed by atoms with Gasteiger partial charge in [0.2, 0.25) is 11.1 Å². The minimum absolute atomic E-state index is 0.0504. The first-order chi connectivity index (χ1) is 12.8. The van der Waals surface area contributed by atoms with Crippen molar-refractivity contribution in [1.29, 1.82) is 0 Å². The fourth-order valence-electron chi connectivity index (χ4n) is 2.36. The Hall–Kier alpha value is -2.59. The van der Waals surface area contributed by atoms with Gasteiger partial charge in [0.15, 0.2) is 0 Å². The van der Waals surface area contributed by atoms with Crippen LogP contribution in [0.3, 0.4) is 0 Å². The minimum Gasteiger partial charge on any atom is -0.334 e. The average molecular weight is 410 g/mol. The molecule has 1 unspecified atom stereocenters. The number of nitrogens with two attached hydrogens (primary N) is 1. The Morgan fingerprint density at radius 3 is 2.70 bits per heavy atom. The lowest BCUT2D eigenvalue weighted by Gasteiger charge is -2.12. The Labute approximate surface area is 163 Å². The van der Waals surface area contributed by atoms with Crippen molar-refractivity contribution in [3.8, 4) is 5.95 Å². The van der Waals surface area contributed by atoms with Crippen LogP contribution in [-0.2, 0) is 4.79 Å². The predicted octanol–water partition coefficient (Wildman–Crippen LogP) is 2.71. The number of carbonyl (C=O) groups is 1. The van der Waals surface area contributed by atoms with E-state index >= 15 is 0 Å².